The van der Waals surface area contributed by atoms with Crippen LogP contribution in [0.25, 0.3) is 27.7 Å². The van der Waals surface area contributed by atoms with Crippen molar-refractivity contribution in [2.75, 3.05) is 7.11 Å². The van der Waals surface area contributed by atoms with Crippen molar-refractivity contribution in [2.24, 2.45) is 12.8 Å². The van der Waals surface area contributed by atoms with Crippen molar-refractivity contribution in [3.8, 4) is 11.1 Å². The Kier molecular flexibility index (Phi) is 4.87. The molecule has 0 aliphatic rings. The third-order valence-electron chi connectivity index (χ3n) is 5.45. The van der Waals surface area contributed by atoms with Crippen LogP contribution in [0.1, 0.15) is 11.3 Å². The number of carbonyl (C=O) groups excluding carboxylic acids is 1. The van der Waals surface area contributed by atoms with E-state index in [0.717, 1.165) is 5.69 Å². The van der Waals surface area contributed by atoms with E-state index in [4.69, 9.17) is 10.5 Å². The lowest BCUT2D eigenvalue weighted by Crippen LogP contribution is -2.34. The summed E-state index contributed by atoms with van der Waals surface area (Å²) >= 11 is 0. The number of rotatable bonds is 4. The number of aromatic nitrogens is 3. The van der Waals surface area contributed by atoms with Crippen LogP contribution in [-0.2, 0) is 23.0 Å². The molecule has 0 aliphatic carbocycles. The van der Waals surface area contributed by atoms with E-state index in [2.05, 4.69) is 4.98 Å². The molecule has 0 amide bonds. The molecule has 3 heterocycles. The standard InChI is InChI=1S/C22H21FN4O3/c1-12-16-10-13(23)4-7-18(16)26(2)21(28)19(12)15-6-5-14(11-17(24)22(29)30-3)27-9-8-25-20(15)27/h4-10,17H,11,24H2,1-3H3/t17-/m0/s1. The average molecular weight is 408 g/mol. The molecule has 0 bridgehead atoms. The Balaban J connectivity index is 1.94. The van der Waals surface area contributed by atoms with E-state index in [1.165, 1.54) is 23.8 Å². The Hall–Kier alpha value is -3.52. The van der Waals surface area contributed by atoms with Gasteiger partial charge in [-0.3, -0.25) is 9.59 Å². The highest BCUT2D eigenvalue weighted by molar-refractivity contribution is 5.91. The van der Waals surface area contributed by atoms with E-state index in [1.807, 2.05) is 6.07 Å². The van der Waals surface area contributed by atoms with Gasteiger partial charge in [-0.15, -0.1) is 0 Å². The topological polar surface area (TPSA) is 91.6 Å². The van der Waals surface area contributed by atoms with Gasteiger partial charge in [-0.1, -0.05) is 0 Å². The zero-order valence-electron chi connectivity index (χ0n) is 16.8. The fourth-order valence-corrected chi connectivity index (χ4v) is 3.88. The van der Waals surface area contributed by atoms with Gasteiger partial charge >= 0.3 is 5.97 Å². The maximum atomic E-state index is 13.9. The molecule has 0 saturated carbocycles. The maximum absolute atomic E-state index is 13.9. The summed E-state index contributed by atoms with van der Waals surface area (Å²) in [6.45, 7) is 1.80. The lowest BCUT2D eigenvalue weighted by atomic mass is 9.98. The summed E-state index contributed by atoms with van der Waals surface area (Å²) in [5.41, 5.74) is 9.44. The summed E-state index contributed by atoms with van der Waals surface area (Å²) in [6.07, 6.45) is 3.62. The number of carbonyl (C=O) groups is 1. The molecule has 0 fully saturated rings. The largest absolute Gasteiger partial charge is 0.468 e. The first-order chi connectivity index (χ1) is 14.3. The molecule has 0 radical (unpaired) electrons. The van der Waals surface area contributed by atoms with Gasteiger partial charge in [0.1, 0.15) is 17.5 Å². The van der Waals surface area contributed by atoms with Crippen molar-refractivity contribution in [1.82, 2.24) is 14.0 Å². The summed E-state index contributed by atoms with van der Waals surface area (Å²) in [7, 11) is 2.96. The number of fused-ring (bicyclic) bond motifs is 2. The SMILES string of the molecule is COC(=O)[C@@H](N)Cc1ccc(-c2c(C)c3cc(F)ccc3n(C)c2=O)c2nccn12. The Morgan fingerprint density at radius 2 is 2.07 bits per heavy atom. The van der Waals surface area contributed by atoms with E-state index in [0.29, 0.717) is 33.2 Å². The molecule has 1 aromatic carbocycles. The lowest BCUT2D eigenvalue weighted by Gasteiger charge is -2.16. The van der Waals surface area contributed by atoms with E-state index in [-0.39, 0.29) is 17.8 Å². The van der Waals surface area contributed by atoms with Crippen molar-refractivity contribution >= 4 is 22.5 Å². The third kappa shape index (κ3) is 3.05. The van der Waals surface area contributed by atoms with Crippen LogP contribution in [0.5, 0.6) is 0 Å². The number of nitrogens with two attached hydrogens (primary N) is 1. The van der Waals surface area contributed by atoms with Crippen LogP contribution in [0.2, 0.25) is 0 Å². The molecule has 7 nitrogen and oxygen atoms in total. The summed E-state index contributed by atoms with van der Waals surface area (Å²) in [5, 5.41) is 0.661. The van der Waals surface area contributed by atoms with Gasteiger partial charge in [0.05, 0.1) is 18.2 Å². The van der Waals surface area contributed by atoms with Crippen LogP contribution in [-0.4, -0.2) is 33.1 Å². The highest BCUT2D eigenvalue weighted by atomic mass is 19.1. The van der Waals surface area contributed by atoms with Crippen LogP contribution in [0, 0.1) is 12.7 Å². The fraction of sp³-hybridized carbons (Fsp3) is 0.227. The molecule has 3 aromatic heterocycles. The summed E-state index contributed by atoms with van der Waals surface area (Å²) in [6, 6.07) is 7.15. The molecule has 2 N–H and O–H groups in total. The van der Waals surface area contributed by atoms with Crippen LogP contribution in [0.3, 0.4) is 0 Å². The van der Waals surface area contributed by atoms with Gasteiger partial charge in [0.2, 0.25) is 0 Å². The monoisotopic (exact) mass is 408 g/mol. The smallest absolute Gasteiger partial charge is 0.323 e. The number of aryl methyl sites for hydroxylation is 2. The third-order valence-corrected chi connectivity index (χ3v) is 5.45. The van der Waals surface area contributed by atoms with Gasteiger partial charge in [-0.2, -0.15) is 0 Å². The van der Waals surface area contributed by atoms with Crippen molar-refractivity contribution < 1.29 is 13.9 Å². The van der Waals surface area contributed by atoms with Gasteiger partial charge in [-0.05, 0) is 42.8 Å². The Labute approximate surface area is 171 Å². The van der Waals surface area contributed by atoms with Gasteiger partial charge in [0, 0.05) is 42.5 Å². The van der Waals surface area contributed by atoms with Gasteiger partial charge in [0.15, 0.2) is 0 Å². The number of methoxy groups -OCH3 is 1. The molecule has 0 unspecified atom stereocenters. The molecule has 30 heavy (non-hydrogen) atoms. The van der Waals surface area contributed by atoms with Crippen molar-refractivity contribution in [2.45, 2.75) is 19.4 Å². The van der Waals surface area contributed by atoms with Gasteiger partial charge in [-0.25, -0.2) is 9.37 Å². The molecular formula is C22H21FN4O3. The predicted molar refractivity (Wildman–Crippen MR) is 112 cm³/mol. The second-order valence-corrected chi connectivity index (χ2v) is 7.22. The number of hydrogen-bond donors (Lipinski definition) is 1. The summed E-state index contributed by atoms with van der Waals surface area (Å²) in [5.74, 6) is -0.873. The van der Waals surface area contributed by atoms with Crippen molar-refractivity contribution in [1.29, 1.82) is 0 Å². The molecule has 1 atom stereocenters. The first-order valence-electron chi connectivity index (χ1n) is 9.41. The van der Waals surface area contributed by atoms with E-state index in [1.54, 1.807) is 42.9 Å². The fourth-order valence-electron chi connectivity index (χ4n) is 3.88. The number of esters is 1. The number of imidazole rings is 1. The minimum absolute atomic E-state index is 0.199. The van der Waals surface area contributed by atoms with Crippen molar-refractivity contribution in [3.63, 3.8) is 0 Å². The minimum atomic E-state index is -0.815. The van der Waals surface area contributed by atoms with Gasteiger partial charge in [0.25, 0.3) is 5.56 Å². The minimum Gasteiger partial charge on any atom is -0.468 e. The zero-order chi connectivity index (χ0) is 21.6. The highest BCUT2D eigenvalue weighted by Gasteiger charge is 2.20. The molecule has 4 rings (SSSR count). The number of pyridine rings is 2. The molecule has 4 aromatic rings. The average Bonchev–Trinajstić information content (AvgIpc) is 3.23. The summed E-state index contributed by atoms with van der Waals surface area (Å²) in [4.78, 5) is 29.3. The molecule has 0 spiro atoms. The number of halogens is 1. The first-order valence-corrected chi connectivity index (χ1v) is 9.41. The number of ether oxygens (including phenoxy) is 1. The van der Waals surface area contributed by atoms with Crippen LogP contribution >= 0.6 is 0 Å². The lowest BCUT2D eigenvalue weighted by molar-refractivity contribution is -0.142. The first kappa shape index (κ1) is 19.8. The molecular weight excluding hydrogens is 387 g/mol. The Bertz CT molecular complexity index is 1360. The number of hydrogen-bond acceptors (Lipinski definition) is 5. The summed E-state index contributed by atoms with van der Waals surface area (Å²) < 4.78 is 21.9. The zero-order valence-corrected chi connectivity index (χ0v) is 16.8. The maximum Gasteiger partial charge on any atom is 0.323 e. The Morgan fingerprint density at radius 3 is 2.80 bits per heavy atom. The second-order valence-electron chi connectivity index (χ2n) is 7.22. The molecule has 154 valence electrons. The number of benzene rings is 1. The highest BCUT2D eigenvalue weighted by Crippen LogP contribution is 2.30. The van der Waals surface area contributed by atoms with Gasteiger partial charge < -0.3 is 19.4 Å². The van der Waals surface area contributed by atoms with E-state index >= 15 is 0 Å². The van der Waals surface area contributed by atoms with Crippen molar-refractivity contribution in [3.05, 3.63) is 70.2 Å². The number of nitrogens with zero attached hydrogens (tertiary/aromatic N) is 3. The molecule has 0 saturated heterocycles. The van der Waals surface area contributed by atoms with E-state index in [9.17, 15) is 14.0 Å². The van der Waals surface area contributed by atoms with Crippen LogP contribution in [0.4, 0.5) is 4.39 Å². The normalized spacial score (nSPS) is 12.4. The predicted octanol–water partition coefficient (Wildman–Crippen LogP) is 2.34. The molecule has 0 aliphatic heterocycles. The van der Waals surface area contributed by atoms with Crippen LogP contribution in [0.15, 0.2) is 47.5 Å². The van der Waals surface area contributed by atoms with E-state index < -0.39 is 12.0 Å². The Morgan fingerprint density at radius 1 is 1.30 bits per heavy atom. The second kappa shape index (κ2) is 7.38. The molecule has 8 heteroatoms. The van der Waals surface area contributed by atoms with Crippen LogP contribution < -0.4 is 11.3 Å². The quantitative estimate of drug-likeness (QED) is 0.524.